The van der Waals surface area contributed by atoms with Gasteiger partial charge in [-0.1, -0.05) is 48.5 Å². The molecular weight excluding hydrogens is 322 g/mol. The number of hydrogen-bond acceptors (Lipinski definition) is 2. The predicted octanol–water partition coefficient (Wildman–Crippen LogP) is 6.40. The summed E-state index contributed by atoms with van der Waals surface area (Å²) in [5.41, 5.74) is 3.84. The van der Waals surface area contributed by atoms with Crippen LogP contribution in [0, 0.1) is 6.92 Å². The van der Waals surface area contributed by atoms with Gasteiger partial charge in [0.25, 0.3) is 0 Å². The van der Waals surface area contributed by atoms with Gasteiger partial charge < -0.3 is 5.32 Å². The number of anilines is 1. The first-order valence-electron chi connectivity index (χ1n) is 7.51. The van der Waals surface area contributed by atoms with Crippen LogP contribution in [0.4, 0.5) is 5.69 Å². The molecule has 1 nitrogen and oxygen atoms in total. The topological polar surface area (TPSA) is 12.0 Å². The van der Waals surface area contributed by atoms with E-state index in [1.54, 1.807) is 0 Å². The van der Waals surface area contributed by atoms with Crippen LogP contribution in [0.2, 0.25) is 0 Å². The SMILES string of the molecule is Cc1cc(NCc2ccccc2)c2sc3ccccc3c2c1.Cl. The fourth-order valence-corrected chi connectivity index (χ4v) is 4.07. The van der Waals surface area contributed by atoms with Gasteiger partial charge in [0.2, 0.25) is 0 Å². The Balaban J connectivity index is 0.00000156. The first-order valence-corrected chi connectivity index (χ1v) is 8.32. The second kappa shape index (κ2) is 6.61. The molecule has 1 heterocycles. The van der Waals surface area contributed by atoms with E-state index < -0.39 is 0 Å². The second-order valence-electron chi connectivity index (χ2n) is 5.63. The summed E-state index contributed by atoms with van der Waals surface area (Å²) in [6.07, 6.45) is 0. The van der Waals surface area contributed by atoms with E-state index in [0.717, 1.165) is 6.54 Å². The first kappa shape index (κ1) is 15.9. The highest BCUT2D eigenvalue weighted by atomic mass is 35.5. The average molecular weight is 340 g/mol. The van der Waals surface area contributed by atoms with Gasteiger partial charge in [0.05, 0.1) is 10.4 Å². The van der Waals surface area contributed by atoms with Crippen molar-refractivity contribution in [3.8, 4) is 0 Å². The molecule has 4 rings (SSSR count). The molecule has 0 fully saturated rings. The van der Waals surface area contributed by atoms with E-state index in [9.17, 15) is 0 Å². The van der Waals surface area contributed by atoms with Gasteiger partial charge in [0.1, 0.15) is 0 Å². The minimum atomic E-state index is 0. The molecule has 116 valence electrons. The summed E-state index contributed by atoms with van der Waals surface area (Å²) in [7, 11) is 0. The minimum Gasteiger partial charge on any atom is -0.380 e. The Labute approximate surface area is 146 Å². The molecule has 0 radical (unpaired) electrons. The third kappa shape index (κ3) is 3.05. The molecule has 3 heteroatoms. The normalized spacial score (nSPS) is 10.7. The van der Waals surface area contributed by atoms with Gasteiger partial charge in [-0.05, 0) is 36.2 Å². The zero-order valence-electron chi connectivity index (χ0n) is 12.9. The lowest BCUT2D eigenvalue weighted by Gasteiger charge is -2.09. The number of hydrogen-bond donors (Lipinski definition) is 1. The van der Waals surface area contributed by atoms with Crippen LogP contribution in [0.5, 0.6) is 0 Å². The van der Waals surface area contributed by atoms with Gasteiger partial charge in [-0.3, -0.25) is 0 Å². The number of benzene rings is 3. The highest BCUT2D eigenvalue weighted by molar-refractivity contribution is 7.26. The molecule has 23 heavy (non-hydrogen) atoms. The first-order chi connectivity index (χ1) is 10.8. The highest BCUT2D eigenvalue weighted by Crippen LogP contribution is 2.39. The fourth-order valence-electron chi connectivity index (χ4n) is 2.90. The smallest absolute Gasteiger partial charge is 0.0587 e. The summed E-state index contributed by atoms with van der Waals surface area (Å²) in [5.74, 6) is 0. The number of rotatable bonds is 3. The van der Waals surface area contributed by atoms with Gasteiger partial charge in [-0.15, -0.1) is 23.7 Å². The van der Waals surface area contributed by atoms with Crippen molar-refractivity contribution in [2.24, 2.45) is 0 Å². The summed E-state index contributed by atoms with van der Waals surface area (Å²) < 4.78 is 2.70. The lowest BCUT2D eigenvalue weighted by Crippen LogP contribution is -1.99. The summed E-state index contributed by atoms with van der Waals surface area (Å²) in [4.78, 5) is 0. The molecule has 0 atom stereocenters. The van der Waals surface area contributed by atoms with Crippen molar-refractivity contribution < 1.29 is 0 Å². The molecule has 0 amide bonds. The molecule has 1 N–H and O–H groups in total. The standard InChI is InChI=1S/C20H17NS.ClH/c1-14-11-17-16-9-5-6-10-19(16)22-20(17)18(12-14)21-13-15-7-3-2-4-8-15;/h2-12,21H,13H2,1H3;1H. The van der Waals surface area contributed by atoms with Crippen LogP contribution < -0.4 is 5.32 Å². The van der Waals surface area contributed by atoms with Crippen LogP contribution in [-0.4, -0.2) is 0 Å². The van der Waals surface area contributed by atoms with Crippen LogP contribution in [0.15, 0.2) is 66.7 Å². The quantitative estimate of drug-likeness (QED) is 0.455. The van der Waals surface area contributed by atoms with Crippen LogP contribution in [0.25, 0.3) is 20.2 Å². The lowest BCUT2D eigenvalue weighted by atomic mass is 10.1. The van der Waals surface area contributed by atoms with E-state index in [1.807, 2.05) is 11.3 Å². The third-order valence-corrected chi connectivity index (χ3v) is 5.17. The zero-order chi connectivity index (χ0) is 14.9. The molecule has 0 spiro atoms. The van der Waals surface area contributed by atoms with Gasteiger partial charge >= 0.3 is 0 Å². The van der Waals surface area contributed by atoms with Crippen molar-refractivity contribution in [3.05, 3.63) is 77.9 Å². The molecule has 0 saturated heterocycles. The Morgan fingerprint density at radius 1 is 0.870 bits per heavy atom. The Hall–Kier alpha value is -2.03. The maximum Gasteiger partial charge on any atom is 0.0587 e. The fraction of sp³-hybridized carbons (Fsp3) is 0.100. The van der Waals surface area contributed by atoms with E-state index in [1.165, 1.54) is 37.0 Å². The van der Waals surface area contributed by atoms with Gasteiger partial charge in [0, 0.05) is 22.0 Å². The molecule has 3 aromatic carbocycles. The summed E-state index contributed by atoms with van der Waals surface area (Å²) >= 11 is 1.87. The van der Waals surface area contributed by atoms with Crippen molar-refractivity contribution in [2.45, 2.75) is 13.5 Å². The van der Waals surface area contributed by atoms with Crippen molar-refractivity contribution in [3.63, 3.8) is 0 Å². The monoisotopic (exact) mass is 339 g/mol. The van der Waals surface area contributed by atoms with Crippen molar-refractivity contribution in [2.75, 3.05) is 5.32 Å². The molecule has 0 aliphatic carbocycles. The number of aryl methyl sites for hydroxylation is 1. The highest BCUT2D eigenvalue weighted by Gasteiger charge is 2.09. The number of nitrogens with one attached hydrogen (secondary N) is 1. The van der Waals surface area contributed by atoms with E-state index in [2.05, 4.69) is 79.0 Å². The van der Waals surface area contributed by atoms with Gasteiger partial charge in [0.15, 0.2) is 0 Å². The van der Waals surface area contributed by atoms with E-state index in [0.29, 0.717) is 0 Å². The molecule has 0 saturated carbocycles. The van der Waals surface area contributed by atoms with E-state index in [4.69, 9.17) is 0 Å². The lowest BCUT2D eigenvalue weighted by molar-refractivity contribution is 1.15. The molecule has 0 aliphatic heterocycles. The Morgan fingerprint density at radius 2 is 1.61 bits per heavy atom. The Kier molecular flexibility index (Phi) is 4.56. The van der Waals surface area contributed by atoms with Crippen molar-refractivity contribution >= 4 is 49.6 Å². The maximum absolute atomic E-state index is 3.62. The minimum absolute atomic E-state index is 0. The average Bonchev–Trinajstić information content (AvgIpc) is 2.92. The third-order valence-electron chi connectivity index (χ3n) is 3.95. The second-order valence-corrected chi connectivity index (χ2v) is 6.68. The van der Waals surface area contributed by atoms with E-state index >= 15 is 0 Å². The van der Waals surface area contributed by atoms with Crippen molar-refractivity contribution in [1.82, 2.24) is 0 Å². The van der Waals surface area contributed by atoms with Crippen LogP contribution in [0.3, 0.4) is 0 Å². The van der Waals surface area contributed by atoms with E-state index in [-0.39, 0.29) is 12.4 Å². The Morgan fingerprint density at radius 3 is 2.43 bits per heavy atom. The molecule has 4 aromatic rings. The van der Waals surface area contributed by atoms with Crippen LogP contribution in [-0.2, 0) is 6.54 Å². The predicted molar refractivity (Wildman–Crippen MR) is 105 cm³/mol. The summed E-state index contributed by atoms with van der Waals surface area (Å²) in [6.45, 7) is 3.02. The van der Waals surface area contributed by atoms with Gasteiger partial charge in [-0.25, -0.2) is 0 Å². The molecular formula is C20H18ClNS. The molecule has 1 aromatic heterocycles. The number of thiophene rings is 1. The van der Waals surface area contributed by atoms with Gasteiger partial charge in [-0.2, -0.15) is 0 Å². The summed E-state index contributed by atoms with van der Waals surface area (Å²) in [6, 6.07) is 23.7. The number of fused-ring (bicyclic) bond motifs is 3. The van der Waals surface area contributed by atoms with Crippen LogP contribution in [0.1, 0.15) is 11.1 Å². The molecule has 0 aliphatic rings. The van der Waals surface area contributed by atoms with Crippen LogP contribution >= 0.6 is 23.7 Å². The largest absolute Gasteiger partial charge is 0.380 e. The maximum atomic E-state index is 3.62. The molecule has 0 bridgehead atoms. The summed E-state index contributed by atoms with van der Waals surface area (Å²) in [5, 5.41) is 6.33. The molecule has 0 unspecified atom stereocenters. The number of halogens is 1. The Bertz CT molecular complexity index is 944. The zero-order valence-corrected chi connectivity index (χ0v) is 14.5. The van der Waals surface area contributed by atoms with Crippen molar-refractivity contribution in [1.29, 1.82) is 0 Å².